The highest BCUT2D eigenvalue weighted by molar-refractivity contribution is 5.95. The summed E-state index contributed by atoms with van der Waals surface area (Å²) in [5.41, 5.74) is 8.62. The van der Waals surface area contributed by atoms with Crippen molar-refractivity contribution in [1.29, 1.82) is 5.26 Å². The van der Waals surface area contributed by atoms with E-state index < -0.39 is 0 Å². The smallest absolute Gasteiger partial charge is 0.226 e. The van der Waals surface area contributed by atoms with Gasteiger partial charge in [0.1, 0.15) is 0 Å². The van der Waals surface area contributed by atoms with Gasteiger partial charge in [0.2, 0.25) is 5.91 Å². The second kappa shape index (κ2) is 5.54. The lowest BCUT2D eigenvalue weighted by atomic mass is 10.1. The van der Waals surface area contributed by atoms with Crippen molar-refractivity contribution < 1.29 is 4.79 Å². The third-order valence-electron chi connectivity index (χ3n) is 3.20. The fourth-order valence-corrected chi connectivity index (χ4v) is 2.33. The van der Waals surface area contributed by atoms with Gasteiger partial charge < -0.3 is 10.6 Å². The highest BCUT2D eigenvalue weighted by atomic mass is 16.2. The number of nitrogens with zero attached hydrogens (tertiary/aromatic N) is 2. The van der Waals surface area contributed by atoms with Crippen LogP contribution in [0.5, 0.6) is 0 Å². The number of nitriles is 1. The predicted molar refractivity (Wildman–Crippen MR) is 71.0 cm³/mol. The van der Waals surface area contributed by atoms with Gasteiger partial charge in [-0.3, -0.25) is 4.79 Å². The van der Waals surface area contributed by atoms with Gasteiger partial charge in [-0.25, -0.2) is 0 Å². The summed E-state index contributed by atoms with van der Waals surface area (Å²) in [6, 6.07) is 7.81. The molecule has 0 aromatic heterocycles. The molecule has 4 heteroatoms. The van der Waals surface area contributed by atoms with Crippen molar-refractivity contribution in [2.75, 3.05) is 17.2 Å². The Morgan fingerprint density at radius 2 is 2.22 bits per heavy atom. The molecule has 0 saturated heterocycles. The van der Waals surface area contributed by atoms with Crippen molar-refractivity contribution >= 4 is 17.3 Å². The normalized spacial score (nSPS) is 14.8. The summed E-state index contributed by atoms with van der Waals surface area (Å²) in [6.07, 6.45) is 3.52. The van der Waals surface area contributed by atoms with E-state index in [0.717, 1.165) is 29.8 Å². The van der Waals surface area contributed by atoms with Gasteiger partial charge in [-0.2, -0.15) is 5.26 Å². The van der Waals surface area contributed by atoms with Gasteiger partial charge in [-0.15, -0.1) is 0 Å². The topological polar surface area (TPSA) is 70.1 Å². The Morgan fingerprint density at radius 3 is 3.00 bits per heavy atom. The number of amides is 1. The van der Waals surface area contributed by atoms with Crippen LogP contribution in [0.1, 0.15) is 31.2 Å². The van der Waals surface area contributed by atoms with Crippen LogP contribution >= 0.6 is 0 Å². The number of nitrogens with two attached hydrogens (primary N) is 1. The maximum absolute atomic E-state index is 12.1. The third-order valence-corrected chi connectivity index (χ3v) is 3.20. The highest BCUT2D eigenvalue weighted by Gasteiger charge is 2.21. The average molecular weight is 243 g/mol. The molecule has 0 spiro atoms. The highest BCUT2D eigenvalue weighted by Crippen LogP contribution is 2.28. The Kier molecular flexibility index (Phi) is 3.83. The fraction of sp³-hybridized carbons (Fsp3) is 0.429. The minimum Gasteiger partial charge on any atom is -0.399 e. The van der Waals surface area contributed by atoms with Gasteiger partial charge in [-0.1, -0.05) is 0 Å². The van der Waals surface area contributed by atoms with Crippen LogP contribution in [0, 0.1) is 11.3 Å². The van der Waals surface area contributed by atoms with Crippen LogP contribution in [0.25, 0.3) is 0 Å². The molecule has 1 heterocycles. The van der Waals surface area contributed by atoms with Gasteiger partial charge in [0.05, 0.1) is 6.07 Å². The van der Waals surface area contributed by atoms with Gasteiger partial charge in [0.25, 0.3) is 0 Å². The molecule has 0 bridgehead atoms. The van der Waals surface area contributed by atoms with Crippen LogP contribution in [0.3, 0.4) is 0 Å². The molecule has 0 saturated carbocycles. The van der Waals surface area contributed by atoms with E-state index in [4.69, 9.17) is 11.0 Å². The van der Waals surface area contributed by atoms with E-state index in [2.05, 4.69) is 6.07 Å². The molecule has 0 unspecified atom stereocenters. The zero-order valence-corrected chi connectivity index (χ0v) is 10.4. The van der Waals surface area contributed by atoms with Crippen LogP contribution in [0.15, 0.2) is 18.2 Å². The monoisotopic (exact) mass is 243 g/mol. The first kappa shape index (κ1) is 12.4. The van der Waals surface area contributed by atoms with Crippen molar-refractivity contribution in [3.8, 4) is 6.07 Å². The zero-order valence-electron chi connectivity index (χ0n) is 10.4. The number of anilines is 2. The van der Waals surface area contributed by atoms with Crippen LogP contribution in [-0.4, -0.2) is 12.5 Å². The number of hydrogen-bond donors (Lipinski definition) is 1. The molecule has 1 amide bonds. The number of unbranched alkanes of at least 4 members (excludes halogenated alkanes) is 1. The zero-order chi connectivity index (χ0) is 13.0. The predicted octanol–water partition coefficient (Wildman–Crippen LogP) is 2.24. The first-order chi connectivity index (χ1) is 8.72. The Hall–Kier alpha value is -2.02. The van der Waals surface area contributed by atoms with E-state index in [1.807, 2.05) is 18.2 Å². The van der Waals surface area contributed by atoms with Gasteiger partial charge >= 0.3 is 0 Å². The summed E-state index contributed by atoms with van der Waals surface area (Å²) in [5, 5.41) is 8.58. The van der Waals surface area contributed by atoms with Crippen LogP contribution in [0.2, 0.25) is 0 Å². The van der Waals surface area contributed by atoms with Crippen molar-refractivity contribution in [1.82, 2.24) is 0 Å². The maximum Gasteiger partial charge on any atom is 0.226 e. The molecule has 2 N–H and O–H groups in total. The summed E-state index contributed by atoms with van der Waals surface area (Å²) < 4.78 is 0. The molecule has 0 aliphatic carbocycles. The molecule has 94 valence electrons. The second-order valence-corrected chi connectivity index (χ2v) is 4.55. The molecule has 18 heavy (non-hydrogen) atoms. The van der Waals surface area contributed by atoms with E-state index >= 15 is 0 Å². The molecular formula is C14H17N3O. The fourth-order valence-electron chi connectivity index (χ4n) is 2.33. The lowest BCUT2D eigenvalue weighted by Crippen LogP contribution is -2.31. The largest absolute Gasteiger partial charge is 0.399 e. The molecular weight excluding hydrogens is 226 g/mol. The minimum atomic E-state index is 0.150. The van der Waals surface area contributed by atoms with E-state index in [9.17, 15) is 4.79 Å². The molecule has 4 nitrogen and oxygen atoms in total. The molecule has 0 atom stereocenters. The Labute approximate surface area is 107 Å². The summed E-state index contributed by atoms with van der Waals surface area (Å²) in [5.74, 6) is 0.150. The molecule has 1 aromatic rings. The number of rotatable bonds is 3. The number of carbonyl (C=O) groups excluding carboxylic acids is 1. The van der Waals surface area contributed by atoms with Crippen LogP contribution in [0.4, 0.5) is 11.4 Å². The Morgan fingerprint density at radius 1 is 1.39 bits per heavy atom. The number of fused-ring (bicyclic) bond motifs is 1. The first-order valence-corrected chi connectivity index (χ1v) is 6.28. The van der Waals surface area contributed by atoms with E-state index in [-0.39, 0.29) is 5.91 Å². The lowest BCUT2D eigenvalue weighted by Gasteiger charge is -2.22. The second-order valence-electron chi connectivity index (χ2n) is 4.55. The molecule has 1 aromatic carbocycles. The van der Waals surface area contributed by atoms with Gasteiger partial charge in [0.15, 0.2) is 0 Å². The molecule has 0 radical (unpaired) electrons. The van der Waals surface area contributed by atoms with Crippen molar-refractivity contribution in [3.63, 3.8) is 0 Å². The van der Waals surface area contributed by atoms with Crippen LogP contribution in [-0.2, 0) is 11.2 Å². The van der Waals surface area contributed by atoms with Gasteiger partial charge in [0, 0.05) is 30.8 Å². The number of aryl methyl sites for hydroxylation is 1. The van der Waals surface area contributed by atoms with Crippen molar-refractivity contribution in [3.05, 3.63) is 23.8 Å². The SMILES string of the molecule is N#CCCCN1C(=O)CCCc2cc(N)ccc21. The molecule has 1 aliphatic heterocycles. The summed E-state index contributed by atoms with van der Waals surface area (Å²) in [4.78, 5) is 13.9. The minimum absolute atomic E-state index is 0.150. The van der Waals surface area contributed by atoms with E-state index in [1.54, 1.807) is 4.90 Å². The molecule has 2 rings (SSSR count). The van der Waals surface area contributed by atoms with Gasteiger partial charge in [-0.05, 0) is 43.0 Å². The summed E-state index contributed by atoms with van der Waals surface area (Å²) in [7, 11) is 0. The number of benzene rings is 1. The maximum atomic E-state index is 12.1. The Bertz CT molecular complexity index is 490. The van der Waals surface area contributed by atoms with Crippen molar-refractivity contribution in [2.24, 2.45) is 0 Å². The van der Waals surface area contributed by atoms with Crippen molar-refractivity contribution in [2.45, 2.75) is 32.1 Å². The van der Waals surface area contributed by atoms with E-state index in [1.165, 1.54) is 0 Å². The van der Waals surface area contributed by atoms with Crippen LogP contribution < -0.4 is 10.6 Å². The standard InChI is InChI=1S/C14H17N3O/c15-8-1-2-9-17-13-7-6-12(16)10-11(13)4-3-5-14(17)18/h6-7,10H,1-5,9,16H2. The number of carbonyl (C=O) groups is 1. The average Bonchev–Trinajstić information content (AvgIpc) is 2.49. The third kappa shape index (κ3) is 2.62. The Balaban J connectivity index is 2.26. The summed E-state index contributed by atoms with van der Waals surface area (Å²) in [6.45, 7) is 0.614. The molecule has 1 aliphatic rings. The number of hydrogen-bond acceptors (Lipinski definition) is 3. The lowest BCUT2D eigenvalue weighted by molar-refractivity contribution is -0.118. The number of nitrogen functional groups attached to an aromatic ring is 1. The molecule has 0 fully saturated rings. The summed E-state index contributed by atoms with van der Waals surface area (Å²) >= 11 is 0. The quantitative estimate of drug-likeness (QED) is 0.653. The first-order valence-electron chi connectivity index (χ1n) is 6.28. The van der Waals surface area contributed by atoms with E-state index in [0.29, 0.717) is 25.8 Å².